The molecule has 1 heterocycles. The van der Waals surface area contributed by atoms with Crippen LogP contribution in [-0.4, -0.2) is 25.2 Å². The van der Waals surface area contributed by atoms with Gasteiger partial charge in [-0.1, -0.05) is 24.3 Å². The Kier molecular flexibility index (Phi) is 4.07. The van der Waals surface area contributed by atoms with E-state index >= 15 is 0 Å². The summed E-state index contributed by atoms with van der Waals surface area (Å²) in [7, 11) is 3.01. The van der Waals surface area contributed by atoms with Gasteiger partial charge < -0.3 is 9.47 Å². The second kappa shape index (κ2) is 5.75. The number of carbonyl (C=O) groups excluding carboxylic acids is 1. The van der Waals surface area contributed by atoms with Crippen molar-refractivity contribution < 1.29 is 14.3 Å². The molecule has 0 radical (unpaired) electrons. The van der Waals surface area contributed by atoms with Gasteiger partial charge in [0.1, 0.15) is 5.01 Å². The number of esters is 1. The third-order valence-electron chi connectivity index (χ3n) is 2.41. The molecule has 0 aliphatic carbocycles. The largest absolute Gasteiger partial charge is 0.464 e. The van der Waals surface area contributed by atoms with Crippen LogP contribution in [0.25, 0.3) is 10.6 Å². The minimum Gasteiger partial charge on any atom is -0.464 e. The zero-order valence-electron chi connectivity index (χ0n) is 10.2. The van der Waals surface area contributed by atoms with Crippen LogP contribution in [0, 0.1) is 0 Å². The summed E-state index contributed by atoms with van der Waals surface area (Å²) in [4.78, 5) is 15.5. The van der Waals surface area contributed by atoms with Gasteiger partial charge in [-0.05, 0) is 5.56 Å². The summed E-state index contributed by atoms with van der Waals surface area (Å²) < 4.78 is 9.67. The Hall–Kier alpha value is -1.72. The van der Waals surface area contributed by atoms with Crippen LogP contribution in [0.15, 0.2) is 29.6 Å². The Bertz CT molecular complexity index is 533. The highest BCUT2D eigenvalue weighted by Gasteiger charge is 2.11. The molecular formula is C13H13NO3S. The van der Waals surface area contributed by atoms with Gasteiger partial charge in [0.05, 0.1) is 13.7 Å². The number of hydrogen-bond acceptors (Lipinski definition) is 5. The van der Waals surface area contributed by atoms with Gasteiger partial charge in [0.2, 0.25) is 0 Å². The molecule has 2 rings (SSSR count). The standard InChI is InChI=1S/C13H13NO3S/c1-16-7-9-3-5-10(6-4-9)12-14-11(8-18-12)13(15)17-2/h3-6,8H,7H2,1-2H3. The van der Waals surface area contributed by atoms with Crippen molar-refractivity contribution in [1.82, 2.24) is 4.98 Å². The van der Waals surface area contributed by atoms with Crippen LogP contribution in [0.2, 0.25) is 0 Å². The molecule has 5 heteroatoms. The fourth-order valence-electron chi connectivity index (χ4n) is 1.51. The first-order chi connectivity index (χ1) is 8.74. The molecule has 0 fully saturated rings. The van der Waals surface area contributed by atoms with E-state index in [1.807, 2.05) is 24.3 Å². The molecule has 0 unspecified atom stereocenters. The lowest BCUT2D eigenvalue weighted by Crippen LogP contribution is -2.00. The number of rotatable bonds is 4. The molecular weight excluding hydrogens is 250 g/mol. The molecule has 0 atom stereocenters. The Labute approximate surface area is 109 Å². The SMILES string of the molecule is COCc1ccc(-c2nc(C(=O)OC)cs2)cc1. The van der Waals surface area contributed by atoms with E-state index in [0.29, 0.717) is 12.3 Å². The van der Waals surface area contributed by atoms with Gasteiger partial charge in [0.15, 0.2) is 5.69 Å². The first kappa shape index (κ1) is 12.7. The molecule has 4 nitrogen and oxygen atoms in total. The summed E-state index contributed by atoms with van der Waals surface area (Å²) >= 11 is 1.42. The number of methoxy groups -OCH3 is 2. The molecule has 1 aromatic carbocycles. The summed E-state index contributed by atoms with van der Waals surface area (Å²) in [6.45, 7) is 0.589. The molecule has 0 aliphatic rings. The molecule has 0 saturated carbocycles. The van der Waals surface area contributed by atoms with Crippen molar-refractivity contribution in [2.24, 2.45) is 0 Å². The first-order valence-corrected chi connectivity index (χ1v) is 6.24. The molecule has 0 aliphatic heterocycles. The van der Waals surface area contributed by atoms with Crippen LogP contribution in [0.3, 0.4) is 0 Å². The minimum absolute atomic E-state index is 0.346. The normalized spacial score (nSPS) is 10.3. The van der Waals surface area contributed by atoms with E-state index in [0.717, 1.165) is 16.1 Å². The molecule has 18 heavy (non-hydrogen) atoms. The van der Waals surface area contributed by atoms with Crippen molar-refractivity contribution in [1.29, 1.82) is 0 Å². The minimum atomic E-state index is -0.409. The molecule has 0 bridgehead atoms. The lowest BCUT2D eigenvalue weighted by atomic mass is 10.1. The predicted octanol–water partition coefficient (Wildman–Crippen LogP) is 2.74. The zero-order valence-corrected chi connectivity index (χ0v) is 11.0. The van der Waals surface area contributed by atoms with Crippen LogP contribution >= 0.6 is 11.3 Å². The van der Waals surface area contributed by atoms with E-state index < -0.39 is 5.97 Å². The highest BCUT2D eigenvalue weighted by molar-refractivity contribution is 7.13. The molecule has 0 saturated heterocycles. The third kappa shape index (κ3) is 2.75. The van der Waals surface area contributed by atoms with E-state index in [9.17, 15) is 4.79 Å². The average molecular weight is 263 g/mol. The van der Waals surface area contributed by atoms with Crippen molar-refractivity contribution in [3.8, 4) is 10.6 Å². The number of benzene rings is 1. The van der Waals surface area contributed by atoms with Gasteiger partial charge >= 0.3 is 5.97 Å². The lowest BCUT2D eigenvalue weighted by Gasteiger charge is -2.00. The molecule has 0 spiro atoms. The number of aromatic nitrogens is 1. The number of thiazole rings is 1. The van der Waals surface area contributed by atoms with Crippen LogP contribution < -0.4 is 0 Å². The quantitative estimate of drug-likeness (QED) is 0.796. The third-order valence-corrected chi connectivity index (χ3v) is 3.30. The summed E-state index contributed by atoms with van der Waals surface area (Å²) in [5, 5.41) is 2.50. The second-order valence-corrected chi connectivity index (χ2v) is 4.52. The molecule has 0 N–H and O–H groups in total. The molecule has 94 valence electrons. The van der Waals surface area contributed by atoms with Crippen LogP contribution in [0.1, 0.15) is 16.1 Å². The molecule has 0 amide bonds. The van der Waals surface area contributed by atoms with Gasteiger partial charge in [-0.25, -0.2) is 9.78 Å². The van der Waals surface area contributed by atoms with Gasteiger partial charge in [0, 0.05) is 18.1 Å². The van der Waals surface area contributed by atoms with Crippen molar-refractivity contribution in [2.45, 2.75) is 6.61 Å². The maximum Gasteiger partial charge on any atom is 0.357 e. The maximum absolute atomic E-state index is 11.3. The lowest BCUT2D eigenvalue weighted by molar-refractivity contribution is 0.0595. The van der Waals surface area contributed by atoms with Crippen molar-refractivity contribution in [3.63, 3.8) is 0 Å². The highest BCUT2D eigenvalue weighted by Crippen LogP contribution is 2.24. The van der Waals surface area contributed by atoms with Gasteiger partial charge in [0.25, 0.3) is 0 Å². The highest BCUT2D eigenvalue weighted by atomic mass is 32.1. The molecule has 2 aromatic rings. The number of ether oxygens (including phenoxy) is 2. The average Bonchev–Trinajstić information content (AvgIpc) is 2.89. The predicted molar refractivity (Wildman–Crippen MR) is 69.6 cm³/mol. The number of carbonyl (C=O) groups is 1. The van der Waals surface area contributed by atoms with Gasteiger partial charge in [-0.15, -0.1) is 11.3 Å². The van der Waals surface area contributed by atoms with E-state index in [4.69, 9.17) is 4.74 Å². The summed E-state index contributed by atoms with van der Waals surface area (Å²) in [5.41, 5.74) is 2.43. The maximum atomic E-state index is 11.3. The van der Waals surface area contributed by atoms with Crippen LogP contribution in [0.4, 0.5) is 0 Å². The van der Waals surface area contributed by atoms with E-state index in [1.54, 1.807) is 12.5 Å². The Balaban J connectivity index is 2.20. The Morgan fingerprint density at radius 1 is 1.28 bits per heavy atom. The summed E-state index contributed by atoms with van der Waals surface area (Å²) in [5.74, 6) is -0.409. The first-order valence-electron chi connectivity index (χ1n) is 5.36. The number of hydrogen-bond donors (Lipinski definition) is 0. The Morgan fingerprint density at radius 2 is 2.00 bits per heavy atom. The monoisotopic (exact) mass is 263 g/mol. The smallest absolute Gasteiger partial charge is 0.357 e. The van der Waals surface area contributed by atoms with Crippen molar-refractivity contribution in [3.05, 3.63) is 40.9 Å². The zero-order chi connectivity index (χ0) is 13.0. The summed E-state index contributed by atoms with van der Waals surface area (Å²) in [6.07, 6.45) is 0. The second-order valence-electron chi connectivity index (χ2n) is 3.66. The van der Waals surface area contributed by atoms with E-state index in [-0.39, 0.29) is 0 Å². The number of nitrogens with zero attached hydrogens (tertiary/aromatic N) is 1. The molecule has 1 aromatic heterocycles. The Morgan fingerprint density at radius 3 is 2.61 bits per heavy atom. The van der Waals surface area contributed by atoms with E-state index in [2.05, 4.69) is 9.72 Å². The van der Waals surface area contributed by atoms with Gasteiger partial charge in [-0.2, -0.15) is 0 Å². The van der Waals surface area contributed by atoms with Crippen molar-refractivity contribution in [2.75, 3.05) is 14.2 Å². The van der Waals surface area contributed by atoms with Crippen LogP contribution in [0.5, 0.6) is 0 Å². The van der Waals surface area contributed by atoms with Gasteiger partial charge in [-0.3, -0.25) is 0 Å². The topological polar surface area (TPSA) is 48.4 Å². The van der Waals surface area contributed by atoms with Crippen LogP contribution in [-0.2, 0) is 16.1 Å². The fraction of sp³-hybridized carbons (Fsp3) is 0.231. The van der Waals surface area contributed by atoms with E-state index in [1.165, 1.54) is 18.4 Å². The summed E-state index contributed by atoms with van der Waals surface area (Å²) in [6, 6.07) is 7.90. The van der Waals surface area contributed by atoms with Crippen molar-refractivity contribution >= 4 is 17.3 Å². The fourth-order valence-corrected chi connectivity index (χ4v) is 2.31.